The largest absolute Gasteiger partial charge is 0.377 e. The quantitative estimate of drug-likeness (QED) is 0.849. The summed E-state index contributed by atoms with van der Waals surface area (Å²) >= 11 is 0. The first-order valence-corrected chi connectivity index (χ1v) is 6.59. The number of alkyl halides is 2. The lowest BCUT2D eigenvalue weighted by atomic mass is 10.2. The van der Waals surface area contributed by atoms with Crippen molar-refractivity contribution in [1.82, 2.24) is 19.6 Å². The first-order chi connectivity index (χ1) is 9.54. The van der Waals surface area contributed by atoms with Crippen molar-refractivity contribution in [2.75, 3.05) is 5.32 Å². The summed E-state index contributed by atoms with van der Waals surface area (Å²) < 4.78 is 27.6. The van der Waals surface area contributed by atoms with E-state index in [0.29, 0.717) is 12.5 Å². The van der Waals surface area contributed by atoms with Gasteiger partial charge in [0, 0.05) is 18.9 Å². The molecule has 2 heterocycles. The minimum atomic E-state index is -2.39. The van der Waals surface area contributed by atoms with Crippen LogP contribution < -0.4 is 5.32 Å². The monoisotopic (exact) mass is 283 g/mol. The molecule has 0 saturated heterocycles. The van der Waals surface area contributed by atoms with Crippen molar-refractivity contribution >= 4 is 5.69 Å². The number of nitrogens with one attached hydrogen (secondary N) is 1. The minimum Gasteiger partial charge on any atom is -0.377 e. The van der Waals surface area contributed by atoms with E-state index in [1.807, 2.05) is 10.7 Å². The molecule has 5 nitrogen and oxygen atoms in total. The number of rotatable bonds is 7. The van der Waals surface area contributed by atoms with E-state index in [0.717, 1.165) is 17.9 Å². The lowest BCUT2D eigenvalue weighted by molar-refractivity contribution is 0.122. The van der Waals surface area contributed by atoms with Gasteiger partial charge in [0.05, 0.1) is 24.1 Å². The Balaban J connectivity index is 1.92. The summed E-state index contributed by atoms with van der Waals surface area (Å²) in [6.07, 6.45) is 2.50. The van der Waals surface area contributed by atoms with E-state index in [4.69, 9.17) is 0 Å². The molecule has 0 amide bonds. The Morgan fingerprint density at radius 1 is 1.25 bits per heavy atom. The summed E-state index contributed by atoms with van der Waals surface area (Å²) in [7, 11) is 0. The van der Waals surface area contributed by atoms with Crippen molar-refractivity contribution in [3.63, 3.8) is 0 Å². The van der Waals surface area contributed by atoms with Crippen LogP contribution in [-0.4, -0.2) is 26.0 Å². The van der Waals surface area contributed by atoms with Gasteiger partial charge in [0.25, 0.3) is 6.43 Å². The predicted octanol–water partition coefficient (Wildman–Crippen LogP) is 2.61. The van der Waals surface area contributed by atoms with E-state index in [1.54, 1.807) is 18.6 Å². The number of nitrogens with zero attached hydrogens (tertiary/aromatic N) is 4. The van der Waals surface area contributed by atoms with Gasteiger partial charge in [0.2, 0.25) is 0 Å². The fourth-order valence-corrected chi connectivity index (χ4v) is 1.91. The molecular formula is C13H19F2N5. The van der Waals surface area contributed by atoms with E-state index >= 15 is 0 Å². The van der Waals surface area contributed by atoms with Crippen LogP contribution in [0.4, 0.5) is 14.5 Å². The Bertz CT molecular complexity index is 532. The van der Waals surface area contributed by atoms with Gasteiger partial charge in [-0.15, -0.1) is 0 Å². The Kier molecular flexibility index (Phi) is 4.70. The minimum absolute atomic E-state index is 0.382. The first kappa shape index (κ1) is 14.5. The molecule has 1 N–H and O–H groups in total. The van der Waals surface area contributed by atoms with Crippen LogP contribution in [-0.2, 0) is 19.6 Å². The van der Waals surface area contributed by atoms with Gasteiger partial charge in [-0.25, -0.2) is 8.78 Å². The maximum absolute atomic E-state index is 12.2. The van der Waals surface area contributed by atoms with Gasteiger partial charge in [0.1, 0.15) is 6.54 Å². The third-order valence-corrected chi connectivity index (χ3v) is 2.77. The smallest absolute Gasteiger partial charge is 0.257 e. The first-order valence-electron chi connectivity index (χ1n) is 6.59. The molecule has 2 aromatic heterocycles. The summed E-state index contributed by atoms with van der Waals surface area (Å²) in [6.45, 7) is 5.33. The van der Waals surface area contributed by atoms with Crippen molar-refractivity contribution in [1.29, 1.82) is 0 Å². The molecule has 0 radical (unpaired) electrons. The molecule has 2 aromatic rings. The second-order valence-electron chi connectivity index (χ2n) is 5.09. The average Bonchev–Trinajstić information content (AvgIpc) is 2.95. The Hall–Kier alpha value is -1.92. The van der Waals surface area contributed by atoms with Gasteiger partial charge >= 0.3 is 0 Å². The maximum atomic E-state index is 12.2. The molecule has 7 heteroatoms. The Morgan fingerprint density at radius 2 is 2.05 bits per heavy atom. The van der Waals surface area contributed by atoms with Crippen molar-refractivity contribution < 1.29 is 8.78 Å². The van der Waals surface area contributed by atoms with Crippen LogP contribution in [0, 0.1) is 5.92 Å². The zero-order valence-corrected chi connectivity index (χ0v) is 11.6. The molecule has 0 saturated carbocycles. The van der Waals surface area contributed by atoms with Gasteiger partial charge in [-0.2, -0.15) is 10.2 Å². The topological polar surface area (TPSA) is 47.7 Å². The van der Waals surface area contributed by atoms with Crippen LogP contribution in [0.1, 0.15) is 19.5 Å². The highest BCUT2D eigenvalue weighted by Crippen LogP contribution is 2.10. The van der Waals surface area contributed by atoms with E-state index in [1.165, 1.54) is 4.68 Å². The zero-order chi connectivity index (χ0) is 14.5. The van der Waals surface area contributed by atoms with Crippen LogP contribution in [0.2, 0.25) is 0 Å². The molecule has 20 heavy (non-hydrogen) atoms. The molecule has 110 valence electrons. The third kappa shape index (κ3) is 4.04. The van der Waals surface area contributed by atoms with E-state index in [-0.39, 0.29) is 6.54 Å². The lowest BCUT2D eigenvalue weighted by Crippen LogP contribution is -2.12. The van der Waals surface area contributed by atoms with Crippen LogP contribution in [0.25, 0.3) is 0 Å². The van der Waals surface area contributed by atoms with Gasteiger partial charge < -0.3 is 5.32 Å². The Labute approximate surface area is 116 Å². The second-order valence-corrected chi connectivity index (χ2v) is 5.09. The summed E-state index contributed by atoms with van der Waals surface area (Å²) in [5.74, 6) is 0.516. The maximum Gasteiger partial charge on any atom is 0.257 e. The molecule has 0 bridgehead atoms. The molecule has 2 rings (SSSR count). The molecule has 0 fully saturated rings. The van der Waals surface area contributed by atoms with Crippen LogP contribution in [0.5, 0.6) is 0 Å². The summed E-state index contributed by atoms with van der Waals surface area (Å²) in [4.78, 5) is 0. The van der Waals surface area contributed by atoms with E-state index in [9.17, 15) is 8.78 Å². The standard InChI is InChI=1S/C13H19F2N5/c1-10(2)7-20-12(3-4-17-20)6-16-11-5-18-19(8-11)9-13(14)15/h3-5,8,10,13,16H,6-7,9H2,1-2H3. The van der Waals surface area contributed by atoms with Crippen LogP contribution in [0.15, 0.2) is 24.7 Å². The highest BCUT2D eigenvalue weighted by atomic mass is 19.3. The highest BCUT2D eigenvalue weighted by molar-refractivity contribution is 5.38. The lowest BCUT2D eigenvalue weighted by Gasteiger charge is -2.10. The summed E-state index contributed by atoms with van der Waals surface area (Å²) in [5, 5.41) is 11.3. The SMILES string of the molecule is CC(C)Cn1nccc1CNc1cnn(CC(F)F)c1. The Morgan fingerprint density at radius 3 is 2.75 bits per heavy atom. The van der Waals surface area contributed by atoms with E-state index < -0.39 is 6.43 Å². The van der Waals surface area contributed by atoms with Crippen LogP contribution >= 0.6 is 0 Å². The molecule has 0 unspecified atom stereocenters. The molecule has 0 aromatic carbocycles. The number of anilines is 1. The second kappa shape index (κ2) is 6.49. The molecule has 0 aliphatic rings. The van der Waals surface area contributed by atoms with E-state index in [2.05, 4.69) is 29.4 Å². The molecule has 0 aliphatic heterocycles. The van der Waals surface area contributed by atoms with Gasteiger partial charge in [-0.1, -0.05) is 13.8 Å². The summed E-state index contributed by atoms with van der Waals surface area (Å²) in [5.41, 5.74) is 1.78. The van der Waals surface area contributed by atoms with Crippen molar-refractivity contribution in [2.45, 2.75) is 39.9 Å². The zero-order valence-electron chi connectivity index (χ0n) is 11.6. The molecular weight excluding hydrogens is 264 g/mol. The van der Waals surface area contributed by atoms with Gasteiger partial charge in [0.15, 0.2) is 0 Å². The van der Waals surface area contributed by atoms with Gasteiger partial charge in [-0.05, 0) is 12.0 Å². The summed E-state index contributed by atoms with van der Waals surface area (Å²) in [6, 6.07) is 1.94. The van der Waals surface area contributed by atoms with Crippen LogP contribution in [0.3, 0.4) is 0 Å². The number of hydrogen-bond acceptors (Lipinski definition) is 3. The fraction of sp³-hybridized carbons (Fsp3) is 0.538. The number of hydrogen-bond donors (Lipinski definition) is 1. The number of aromatic nitrogens is 4. The molecule has 0 spiro atoms. The predicted molar refractivity (Wildman–Crippen MR) is 72.6 cm³/mol. The average molecular weight is 283 g/mol. The van der Waals surface area contributed by atoms with Gasteiger partial charge in [-0.3, -0.25) is 9.36 Å². The molecule has 0 aliphatic carbocycles. The number of halogens is 2. The normalized spacial score (nSPS) is 11.5. The highest BCUT2D eigenvalue weighted by Gasteiger charge is 2.07. The van der Waals surface area contributed by atoms with Crippen molar-refractivity contribution in [2.24, 2.45) is 5.92 Å². The molecule has 0 atom stereocenters. The van der Waals surface area contributed by atoms with Crippen molar-refractivity contribution in [3.8, 4) is 0 Å². The fourth-order valence-electron chi connectivity index (χ4n) is 1.91. The third-order valence-electron chi connectivity index (χ3n) is 2.77. The van der Waals surface area contributed by atoms with Crippen molar-refractivity contribution in [3.05, 3.63) is 30.4 Å².